The molecule has 2 aromatic heterocycles. The van der Waals surface area contributed by atoms with Crippen molar-refractivity contribution >= 4 is 55.8 Å². The fraction of sp³-hybridized carbons (Fsp3) is 0.167. The average molecular weight is 383 g/mol. The molecule has 0 amide bonds. The van der Waals surface area contributed by atoms with Gasteiger partial charge in [0.2, 0.25) is 0 Å². The Balaban J connectivity index is 1.97. The summed E-state index contributed by atoms with van der Waals surface area (Å²) >= 11 is 1.76. The lowest BCUT2D eigenvalue weighted by Crippen LogP contribution is -2.09. The van der Waals surface area contributed by atoms with Gasteiger partial charge in [0.05, 0.1) is 7.98 Å². The Hall–Kier alpha value is -2.72. The van der Waals surface area contributed by atoms with Gasteiger partial charge in [0.25, 0.3) is 0 Å². The van der Waals surface area contributed by atoms with Crippen LogP contribution in [0.4, 0.5) is 0 Å². The zero-order chi connectivity index (χ0) is 20.3. The second-order valence-corrected chi connectivity index (χ2v) is 8.07. The summed E-state index contributed by atoms with van der Waals surface area (Å²) in [5.74, 6) is 1.35. The van der Waals surface area contributed by atoms with E-state index in [9.17, 15) is 0 Å². The molecule has 0 aliphatic heterocycles. The molecule has 0 atom stereocenters. The SMILES string of the molecule is [2H]c1cc(-c2c3c(C)c(C)oc3cc3sc4ccccc4c23)cc([B])c1OCC. The minimum atomic E-state index is 0.296. The Kier molecular flexibility index (Phi) is 3.73. The summed E-state index contributed by atoms with van der Waals surface area (Å²) in [4.78, 5) is 0. The highest BCUT2D eigenvalue weighted by atomic mass is 32.1. The molecule has 0 bridgehead atoms. The predicted molar refractivity (Wildman–Crippen MR) is 121 cm³/mol. The smallest absolute Gasteiger partial charge is 0.136 e. The minimum Gasteiger partial charge on any atom is -0.495 e. The van der Waals surface area contributed by atoms with Crippen molar-refractivity contribution < 1.29 is 10.5 Å². The van der Waals surface area contributed by atoms with Gasteiger partial charge in [-0.2, -0.15) is 0 Å². The summed E-state index contributed by atoms with van der Waals surface area (Å²) in [6, 6.07) is 14.6. The second-order valence-electron chi connectivity index (χ2n) is 6.99. The summed E-state index contributed by atoms with van der Waals surface area (Å²) in [5, 5.41) is 3.48. The number of fused-ring (bicyclic) bond motifs is 4. The molecule has 3 aromatic carbocycles. The van der Waals surface area contributed by atoms with Crippen molar-refractivity contribution in [3.05, 3.63) is 59.8 Å². The van der Waals surface area contributed by atoms with E-state index in [-0.39, 0.29) is 0 Å². The molecule has 2 heterocycles. The van der Waals surface area contributed by atoms with Crippen LogP contribution in [0, 0.1) is 13.8 Å². The normalized spacial score (nSPS) is 12.2. The van der Waals surface area contributed by atoms with Crippen molar-refractivity contribution in [1.82, 2.24) is 0 Å². The Labute approximate surface area is 170 Å². The molecule has 0 N–H and O–H groups in total. The van der Waals surface area contributed by atoms with Gasteiger partial charge in [0, 0.05) is 31.1 Å². The van der Waals surface area contributed by atoms with Gasteiger partial charge in [-0.25, -0.2) is 0 Å². The lowest BCUT2D eigenvalue weighted by atomic mass is 9.88. The predicted octanol–water partition coefficient (Wildman–Crippen LogP) is 6.28. The Morgan fingerprint density at radius 1 is 1.11 bits per heavy atom. The molecule has 28 heavy (non-hydrogen) atoms. The molecule has 5 aromatic rings. The first-order chi connectivity index (χ1) is 14.0. The van der Waals surface area contributed by atoms with E-state index in [1.165, 1.54) is 20.2 Å². The Morgan fingerprint density at radius 3 is 2.71 bits per heavy atom. The van der Waals surface area contributed by atoms with Crippen molar-refractivity contribution in [2.24, 2.45) is 0 Å². The Morgan fingerprint density at radius 2 is 1.93 bits per heavy atom. The highest BCUT2D eigenvalue weighted by molar-refractivity contribution is 7.26. The first-order valence-corrected chi connectivity index (χ1v) is 10.2. The van der Waals surface area contributed by atoms with Gasteiger partial charge in [0.15, 0.2) is 0 Å². The monoisotopic (exact) mass is 383 g/mol. The maximum Gasteiger partial charge on any atom is 0.136 e. The number of ether oxygens (including phenoxy) is 1. The lowest BCUT2D eigenvalue weighted by Gasteiger charge is -2.12. The first-order valence-electron chi connectivity index (χ1n) is 9.86. The van der Waals surface area contributed by atoms with Crippen LogP contribution < -0.4 is 10.2 Å². The molecular formula is C24H19BO2S. The van der Waals surface area contributed by atoms with E-state index in [0.717, 1.165) is 33.4 Å². The highest BCUT2D eigenvalue weighted by Crippen LogP contribution is 2.46. The van der Waals surface area contributed by atoms with Crippen LogP contribution in [0.2, 0.25) is 0 Å². The quantitative estimate of drug-likeness (QED) is 0.342. The third kappa shape index (κ3) is 2.48. The molecule has 4 heteroatoms. The molecular weight excluding hydrogens is 363 g/mol. The van der Waals surface area contributed by atoms with Crippen LogP contribution in [0.1, 0.15) is 19.6 Å². The number of benzene rings is 3. The standard InChI is InChI=1S/C24H19BO2S/c1-4-26-18-10-9-15(11-17(18)25)23-22-13(2)14(3)27-19(22)12-21-24(23)16-7-5-6-8-20(16)28-21/h5-12H,4H2,1-3H3/i10D. The van der Waals surface area contributed by atoms with Crippen LogP contribution in [0.15, 0.2) is 52.9 Å². The molecule has 0 aliphatic rings. The van der Waals surface area contributed by atoms with Crippen LogP contribution in [0.5, 0.6) is 5.75 Å². The van der Waals surface area contributed by atoms with Crippen molar-refractivity contribution in [2.75, 3.05) is 6.61 Å². The second kappa shape index (κ2) is 6.42. The van der Waals surface area contributed by atoms with E-state index in [1.54, 1.807) is 11.3 Å². The number of aryl methyl sites for hydroxylation is 2. The molecule has 136 valence electrons. The fourth-order valence-corrected chi connectivity index (χ4v) is 5.08. The Bertz CT molecular complexity index is 1390. The van der Waals surface area contributed by atoms with Gasteiger partial charge in [-0.15, -0.1) is 11.3 Å². The van der Waals surface area contributed by atoms with Gasteiger partial charge >= 0.3 is 0 Å². The maximum absolute atomic E-state index is 8.48. The summed E-state index contributed by atoms with van der Waals surface area (Å²) in [6.07, 6.45) is 0. The zero-order valence-electron chi connectivity index (χ0n) is 17.1. The van der Waals surface area contributed by atoms with Crippen LogP contribution >= 0.6 is 11.3 Å². The number of hydrogen-bond acceptors (Lipinski definition) is 3. The van der Waals surface area contributed by atoms with Crippen molar-refractivity contribution in [3.8, 4) is 16.9 Å². The molecule has 0 saturated carbocycles. The first kappa shape index (κ1) is 16.3. The van der Waals surface area contributed by atoms with Gasteiger partial charge in [-0.3, -0.25) is 0 Å². The molecule has 0 unspecified atom stereocenters. The molecule has 2 nitrogen and oxygen atoms in total. The topological polar surface area (TPSA) is 22.4 Å². The largest absolute Gasteiger partial charge is 0.495 e. The maximum atomic E-state index is 8.48. The number of rotatable bonds is 3. The fourth-order valence-electron chi connectivity index (χ4n) is 3.94. The molecule has 0 aliphatic carbocycles. The van der Waals surface area contributed by atoms with E-state index < -0.39 is 0 Å². The van der Waals surface area contributed by atoms with E-state index in [1.807, 2.05) is 26.0 Å². The number of furan rings is 1. The van der Waals surface area contributed by atoms with Crippen molar-refractivity contribution in [3.63, 3.8) is 0 Å². The van der Waals surface area contributed by atoms with Gasteiger partial charge in [0.1, 0.15) is 24.9 Å². The summed E-state index contributed by atoms with van der Waals surface area (Å²) in [7, 11) is 6.30. The average Bonchev–Trinajstić information content (AvgIpc) is 3.20. The van der Waals surface area contributed by atoms with E-state index >= 15 is 0 Å². The minimum absolute atomic E-state index is 0.296. The molecule has 0 fully saturated rings. The molecule has 2 radical (unpaired) electrons. The lowest BCUT2D eigenvalue weighted by molar-refractivity contribution is 0.343. The number of thiophene rings is 1. The summed E-state index contributed by atoms with van der Waals surface area (Å²) < 4.78 is 22.6. The zero-order valence-corrected chi connectivity index (χ0v) is 16.9. The molecule has 0 saturated heterocycles. The van der Waals surface area contributed by atoms with E-state index in [4.69, 9.17) is 18.4 Å². The van der Waals surface area contributed by atoms with Gasteiger partial charge in [-0.1, -0.05) is 35.8 Å². The third-order valence-corrected chi connectivity index (χ3v) is 6.42. The van der Waals surface area contributed by atoms with Gasteiger partial charge < -0.3 is 9.15 Å². The van der Waals surface area contributed by atoms with E-state index in [0.29, 0.717) is 23.9 Å². The number of hydrogen-bond donors (Lipinski definition) is 0. The van der Waals surface area contributed by atoms with Crippen molar-refractivity contribution in [1.29, 1.82) is 0 Å². The van der Waals surface area contributed by atoms with E-state index in [2.05, 4.69) is 37.3 Å². The van der Waals surface area contributed by atoms with Crippen LogP contribution in [-0.4, -0.2) is 14.5 Å². The summed E-state index contributed by atoms with van der Waals surface area (Å²) in [6.45, 7) is 6.45. The van der Waals surface area contributed by atoms with Gasteiger partial charge in [-0.05, 0) is 50.1 Å². The van der Waals surface area contributed by atoms with Crippen LogP contribution in [0.25, 0.3) is 42.3 Å². The summed E-state index contributed by atoms with van der Waals surface area (Å²) in [5.41, 5.74) is 4.46. The third-order valence-electron chi connectivity index (χ3n) is 5.31. The van der Waals surface area contributed by atoms with Crippen LogP contribution in [0.3, 0.4) is 0 Å². The molecule has 5 rings (SSSR count). The highest BCUT2D eigenvalue weighted by Gasteiger charge is 2.20. The van der Waals surface area contributed by atoms with Crippen LogP contribution in [-0.2, 0) is 0 Å². The molecule has 0 spiro atoms. The van der Waals surface area contributed by atoms with Crippen molar-refractivity contribution in [2.45, 2.75) is 20.8 Å².